The molecule has 0 amide bonds. The Hall–Kier alpha value is -2.82. The molecule has 7 rings (SSSR count). The third-order valence-corrected chi connectivity index (χ3v) is 8.09. The van der Waals surface area contributed by atoms with E-state index in [1.807, 2.05) is 11.8 Å². The van der Waals surface area contributed by atoms with Crippen molar-refractivity contribution in [1.29, 1.82) is 0 Å². The maximum absolute atomic E-state index is 6.37. The minimum Gasteiger partial charge on any atom is -0.444 e. The first kappa shape index (κ1) is 16.0. The van der Waals surface area contributed by atoms with Gasteiger partial charge in [-0.3, -0.25) is 0 Å². The second-order valence-corrected chi connectivity index (χ2v) is 9.67. The number of aryl methyl sites for hydroxylation is 2. The highest BCUT2D eigenvalue weighted by atomic mass is 32.2. The number of hydrogen-bond donors (Lipinski definition) is 0. The monoisotopic (exact) mass is 410 g/mol. The SMILES string of the molecule is Cc1c2c(cc3ccccc13)Sc1c3oc4sccc4c3cc3cc[n+](C)c-2c13. The topological polar surface area (TPSA) is 17.0 Å². The van der Waals surface area contributed by atoms with E-state index in [1.165, 1.54) is 58.9 Å². The normalized spacial score (nSPS) is 13.0. The van der Waals surface area contributed by atoms with Gasteiger partial charge in [-0.1, -0.05) is 36.0 Å². The van der Waals surface area contributed by atoms with Crippen molar-refractivity contribution < 1.29 is 8.98 Å². The molecule has 3 aromatic carbocycles. The molecule has 0 radical (unpaired) electrons. The molecule has 0 atom stereocenters. The molecule has 0 N–H and O–H groups in total. The van der Waals surface area contributed by atoms with E-state index in [4.69, 9.17) is 4.42 Å². The van der Waals surface area contributed by atoms with E-state index in [9.17, 15) is 0 Å². The number of fused-ring (bicyclic) bond motifs is 7. The van der Waals surface area contributed by atoms with Crippen LogP contribution in [0.4, 0.5) is 0 Å². The van der Waals surface area contributed by atoms with Crippen molar-refractivity contribution in [2.75, 3.05) is 0 Å². The predicted molar refractivity (Wildman–Crippen MR) is 122 cm³/mol. The van der Waals surface area contributed by atoms with E-state index < -0.39 is 0 Å². The third-order valence-electron chi connectivity index (χ3n) is 6.17. The number of benzene rings is 3. The number of furan rings is 1. The molecular formula is C25H16NOS2+. The summed E-state index contributed by atoms with van der Waals surface area (Å²) in [5.74, 6) is 0. The molecule has 3 aromatic heterocycles. The third kappa shape index (κ3) is 1.96. The smallest absolute Gasteiger partial charge is 0.222 e. The summed E-state index contributed by atoms with van der Waals surface area (Å²) in [6, 6.07) is 17.7. The van der Waals surface area contributed by atoms with E-state index in [1.54, 1.807) is 11.3 Å². The number of pyridine rings is 1. The standard InChI is InChI=1S/C25H16NOS2/c1-13-16-6-4-3-5-14(16)12-19-20(13)22-21-15(7-9-26(22)2)11-18-17-8-10-28-25(17)27-23(18)24(21)29-19/h3-12H,1-2H3/q+1. The lowest BCUT2D eigenvalue weighted by Crippen LogP contribution is -2.31. The molecule has 0 fully saturated rings. The largest absolute Gasteiger partial charge is 0.444 e. The zero-order valence-corrected chi connectivity index (χ0v) is 17.6. The Bertz CT molecular complexity index is 1650. The fourth-order valence-corrected chi connectivity index (χ4v) is 6.91. The van der Waals surface area contributed by atoms with Crippen molar-refractivity contribution in [2.45, 2.75) is 16.7 Å². The minimum atomic E-state index is 1.01. The van der Waals surface area contributed by atoms with Gasteiger partial charge in [0.1, 0.15) is 7.05 Å². The van der Waals surface area contributed by atoms with Crippen molar-refractivity contribution in [3.05, 3.63) is 65.7 Å². The first-order valence-corrected chi connectivity index (χ1v) is 11.4. The van der Waals surface area contributed by atoms with Gasteiger partial charge in [-0.05, 0) is 52.2 Å². The van der Waals surface area contributed by atoms with Gasteiger partial charge in [0, 0.05) is 21.7 Å². The summed E-state index contributed by atoms with van der Waals surface area (Å²) in [5, 5.41) is 9.75. The number of thiophene rings is 1. The molecular weight excluding hydrogens is 394 g/mol. The summed E-state index contributed by atoms with van der Waals surface area (Å²) in [4.78, 5) is 3.57. The van der Waals surface area contributed by atoms with Crippen LogP contribution in [0.2, 0.25) is 0 Å². The molecule has 0 aliphatic carbocycles. The van der Waals surface area contributed by atoms with Crippen LogP contribution in [0.15, 0.2) is 74.3 Å². The maximum Gasteiger partial charge on any atom is 0.222 e. The highest BCUT2D eigenvalue weighted by Gasteiger charge is 2.31. The Morgan fingerprint density at radius 1 is 0.931 bits per heavy atom. The quantitative estimate of drug-likeness (QED) is 0.246. The van der Waals surface area contributed by atoms with E-state index in [0.717, 1.165) is 10.5 Å². The maximum atomic E-state index is 6.37. The molecule has 1 aliphatic heterocycles. The molecule has 1 aliphatic rings. The molecule has 2 nitrogen and oxygen atoms in total. The van der Waals surface area contributed by atoms with Gasteiger partial charge in [-0.2, -0.15) is 0 Å². The zero-order chi connectivity index (χ0) is 19.3. The van der Waals surface area contributed by atoms with Crippen molar-refractivity contribution in [1.82, 2.24) is 0 Å². The fourth-order valence-electron chi connectivity index (χ4n) is 4.83. The summed E-state index contributed by atoms with van der Waals surface area (Å²) in [7, 11) is 2.15. The number of rotatable bonds is 0. The number of nitrogens with zero attached hydrogens (tertiary/aromatic N) is 1. The van der Waals surface area contributed by atoms with Gasteiger partial charge in [-0.15, -0.1) is 11.3 Å². The van der Waals surface area contributed by atoms with Crippen LogP contribution in [0.5, 0.6) is 0 Å². The summed E-state index contributed by atoms with van der Waals surface area (Å²) >= 11 is 3.53. The molecule has 0 unspecified atom stereocenters. The van der Waals surface area contributed by atoms with Crippen molar-refractivity contribution >= 4 is 65.9 Å². The van der Waals surface area contributed by atoms with Crippen LogP contribution in [0.1, 0.15) is 5.56 Å². The molecule has 29 heavy (non-hydrogen) atoms. The van der Waals surface area contributed by atoms with Gasteiger partial charge < -0.3 is 4.42 Å². The summed E-state index contributed by atoms with van der Waals surface area (Å²) < 4.78 is 8.64. The molecule has 6 aromatic rings. The summed E-state index contributed by atoms with van der Waals surface area (Å²) in [6.07, 6.45) is 2.19. The Morgan fingerprint density at radius 3 is 2.76 bits per heavy atom. The summed E-state index contributed by atoms with van der Waals surface area (Å²) in [6.45, 7) is 2.26. The average molecular weight is 411 g/mol. The molecule has 0 spiro atoms. The van der Waals surface area contributed by atoms with Crippen LogP contribution in [-0.2, 0) is 7.05 Å². The van der Waals surface area contributed by atoms with E-state index in [0.29, 0.717) is 0 Å². The molecule has 4 heteroatoms. The van der Waals surface area contributed by atoms with Gasteiger partial charge >= 0.3 is 0 Å². The Morgan fingerprint density at radius 2 is 1.83 bits per heavy atom. The van der Waals surface area contributed by atoms with Gasteiger partial charge in [0.15, 0.2) is 16.7 Å². The van der Waals surface area contributed by atoms with Crippen LogP contribution >= 0.6 is 23.1 Å². The van der Waals surface area contributed by atoms with Crippen LogP contribution in [0.25, 0.3) is 54.1 Å². The lowest BCUT2D eigenvalue weighted by Gasteiger charge is -2.21. The van der Waals surface area contributed by atoms with E-state index in [2.05, 4.69) is 78.6 Å². The van der Waals surface area contributed by atoms with Crippen LogP contribution < -0.4 is 4.57 Å². The lowest BCUT2D eigenvalue weighted by atomic mass is 9.94. The summed E-state index contributed by atoms with van der Waals surface area (Å²) in [5.41, 5.74) is 5.01. The van der Waals surface area contributed by atoms with Crippen LogP contribution in [0, 0.1) is 6.92 Å². The van der Waals surface area contributed by atoms with Crippen molar-refractivity contribution in [3.63, 3.8) is 0 Å². The highest BCUT2D eigenvalue weighted by Crippen LogP contribution is 2.53. The van der Waals surface area contributed by atoms with Gasteiger partial charge in [0.05, 0.1) is 15.8 Å². The second kappa shape index (κ2) is 5.41. The van der Waals surface area contributed by atoms with Crippen molar-refractivity contribution in [2.24, 2.45) is 7.05 Å². The molecule has 0 saturated heterocycles. The lowest BCUT2D eigenvalue weighted by molar-refractivity contribution is -0.659. The first-order valence-electron chi connectivity index (χ1n) is 9.66. The van der Waals surface area contributed by atoms with Gasteiger partial charge in [0.2, 0.25) is 5.69 Å². The fraction of sp³-hybridized carbons (Fsp3) is 0.0800. The molecule has 0 bridgehead atoms. The Kier molecular flexibility index (Phi) is 2.99. The number of aromatic nitrogens is 1. The van der Waals surface area contributed by atoms with Gasteiger partial charge in [0.25, 0.3) is 0 Å². The van der Waals surface area contributed by atoms with Gasteiger partial charge in [-0.25, -0.2) is 4.57 Å². The Labute approximate surface area is 175 Å². The predicted octanol–water partition coefficient (Wildman–Crippen LogP) is 7.22. The second-order valence-electron chi connectivity index (χ2n) is 7.74. The van der Waals surface area contributed by atoms with Crippen molar-refractivity contribution in [3.8, 4) is 11.3 Å². The first-order chi connectivity index (χ1) is 14.2. The molecule has 4 heterocycles. The minimum absolute atomic E-state index is 1.01. The van der Waals surface area contributed by atoms with Crippen LogP contribution in [0.3, 0.4) is 0 Å². The number of hydrogen-bond acceptors (Lipinski definition) is 3. The highest BCUT2D eigenvalue weighted by molar-refractivity contribution is 8.00. The zero-order valence-electron chi connectivity index (χ0n) is 15.9. The Balaban J connectivity index is 1.73. The molecule has 0 saturated carbocycles. The van der Waals surface area contributed by atoms with E-state index >= 15 is 0 Å². The van der Waals surface area contributed by atoms with Crippen LogP contribution in [-0.4, -0.2) is 0 Å². The van der Waals surface area contributed by atoms with E-state index in [-0.39, 0.29) is 0 Å². The molecule has 138 valence electrons. The average Bonchev–Trinajstić information content (AvgIpc) is 3.32.